The molecule has 2 aromatic carbocycles. The Kier molecular flexibility index (Phi) is 4.73. The van der Waals surface area contributed by atoms with E-state index in [-0.39, 0.29) is 17.7 Å². The summed E-state index contributed by atoms with van der Waals surface area (Å²) in [5.74, 6) is 2.16. The quantitative estimate of drug-likeness (QED) is 0.692. The van der Waals surface area contributed by atoms with E-state index in [2.05, 4.69) is 34.5 Å². The van der Waals surface area contributed by atoms with Gasteiger partial charge in [0.25, 0.3) is 0 Å². The number of fused-ring (bicyclic) bond motifs is 1. The molecule has 0 saturated heterocycles. The first-order chi connectivity index (χ1) is 15.1. The monoisotopic (exact) mass is 416 g/mol. The van der Waals surface area contributed by atoms with Gasteiger partial charge < -0.3 is 14.8 Å². The van der Waals surface area contributed by atoms with Gasteiger partial charge in [-0.25, -0.2) is 4.68 Å². The van der Waals surface area contributed by atoms with Gasteiger partial charge in [-0.05, 0) is 48.1 Å². The van der Waals surface area contributed by atoms with Crippen LogP contribution in [0.25, 0.3) is 0 Å². The molecule has 1 aliphatic carbocycles. The molecule has 0 spiro atoms. The van der Waals surface area contributed by atoms with Crippen LogP contribution < -0.4 is 14.8 Å². The summed E-state index contributed by atoms with van der Waals surface area (Å²) in [6.45, 7) is 2.10. The zero-order valence-electron chi connectivity index (χ0n) is 17.8. The van der Waals surface area contributed by atoms with Crippen molar-refractivity contribution in [3.63, 3.8) is 0 Å². The molecule has 31 heavy (non-hydrogen) atoms. The van der Waals surface area contributed by atoms with E-state index in [1.54, 1.807) is 18.9 Å². The minimum absolute atomic E-state index is 0.128. The molecule has 0 radical (unpaired) electrons. The molecule has 1 aromatic heterocycles. The van der Waals surface area contributed by atoms with Crippen LogP contribution in [0.5, 0.6) is 11.5 Å². The van der Waals surface area contributed by atoms with Gasteiger partial charge in [0, 0.05) is 17.7 Å². The summed E-state index contributed by atoms with van der Waals surface area (Å²) in [7, 11) is 3.21. The molecule has 1 aliphatic heterocycles. The summed E-state index contributed by atoms with van der Waals surface area (Å²) in [5, 5.41) is 7.79. The molecule has 2 heterocycles. The van der Waals surface area contributed by atoms with E-state index < -0.39 is 0 Å². The molecular weight excluding hydrogens is 392 g/mol. The smallest absolute Gasteiger partial charge is 0.226 e. The summed E-state index contributed by atoms with van der Waals surface area (Å²) < 4.78 is 12.7. The standard InChI is InChI=1S/C24H24N4O3/c1-14-6-4-5-7-17(14)16-10-18-22(19(29)11-16)23(28-24(27-18)25-13-26-28)15-8-9-20(30-2)21(12-15)31-3/h4-9,12-13,16,23H,10-11H2,1-3H3,(H,25,26,27)/t16-,23+/m0/s1. The van der Waals surface area contributed by atoms with Crippen LogP contribution in [0.2, 0.25) is 0 Å². The van der Waals surface area contributed by atoms with Crippen molar-refractivity contribution in [2.45, 2.75) is 31.7 Å². The van der Waals surface area contributed by atoms with E-state index >= 15 is 0 Å². The first kappa shape index (κ1) is 19.4. The average molecular weight is 416 g/mol. The summed E-state index contributed by atoms with van der Waals surface area (Å²) in [4.78, 5) is 17.9. The third-order valence-electron chi connectivity index (χ3n) is 6.21. The van der Waals surface area contributed by atoms with Gasteiger partial charge in [0.05, 0.1) is 14.2 Å². The van der Waals surface area contributed by atoms with E-state index in [0.29, 0.717) is 23.9 Å². The lowest BCUT2D eigenvalue weighted by atomic mass is 9.77. The van der Waals surface area contributed by atoms with Crippen molar-refractivity contribution in [1.29, 1.82) is 0 Å². The lowest BCUT2D eigenvalue weighted by Crippen LogP contribution is -2.33. The molecule has 7 nitrogen and oxygen atoms in total. The number of rotatable bonds is 4. The molecule has 2 aliphatic rings. The molecule has 1 N–H and O–H groups in total. The van der Waals surface area contributed by atoms with Crippen molar-refractivity contribution in [3.05, 3.63) is 76.8 Å². The summed E-state index contributed by atoms with van der Waals surface area (Å²) in [6.07, 6.45) is 2.74. The van der Waals surface area contributed by atoms with Gasteiger partial charge in [0.15, 0.2) is 17.3 Å². The Morgan fingerprint density at radius 1 is 1.06 bits per heavy atom. The third-order valence-corrected chi connectivity index (χ3v) is 6.21. The lowest BCUT2D eigenvalue weighted by molar-refractivity contribution is -0.116. The predicted molar refractivity (Wildman–Crippen MR) is 117 cm³/mol. The second-order valence-electron chi connectivity index (χ2n) is 7.95. The molecular formula is C24H24N4O3. The van der Waals surface area contributed by atoms with E-state index in [9.17, 15) is 4.79 Å². The van der Waals surface area contributed by atoms with Crippen LogP contribution in [0.15, 0.2) is 60.1 Å². The second-order valence-corrected chi connectivity index (χ2v) is 7.95. The highest BCUT2D eigenvalue weighted by Gasteiger charge is 2.39. The molecule has 7 heteroatoms. The van der Waals surface area contributed by atoms with Crippen molar-refractivity contribution in [2.75, 3.05) is 19.5 Å². The number of anilines is 1. The highest BCUT2D eigenvalue weighted by Crippen LogP contribution is 2.45. The maximum atomic E-state index is 13.5. The number of nitrogens with zero attached hydrogens (tertiary/aromatic N) is 3. The Bertz CT molecular complexity index is 1200. The number of Topliss-reactive ketones (excluding diaryl/α,β-unsaturated/α-hetero) is 1. The molecule has 0 unspecified atom stereocenters. The fraction of sp³-hybridized carbons (Fsp3) is 0.292. The Morgan fingerprint density at radius 3 is 2.65 bits per heavy atom. The highest BCUT2D eigenvalue weighted by molar-refractivity contribution is 6.00. The van der Waals surface area contributed by atoms with E-state index in [1.807, 2.05) is 30.3 Å². The summed E-state index contributed by atoms with van der Waals surface area (Å²) >= 11 is 0. The minimum Gasteiger partial charge on any atom is -0.493 e. The summed E-state index contributed by atoms with van der Waals surface area (Å²) in [5.41, 5.74) is 5.00. The van der Waals surface area contributed by atoms with Gasteiger partial charge in [0.1, 0.15) is 12.4 Å². The van der Waals surface area contributed by atoms with Crippen molar-refractivity contribution in [1.82, 2.24) is 14.8 Å². The predicted octanol–water partition coefficient (Wildman–Crippen LogP) is 4.02. The number of nitrogens with one attached hydrogen (secondary N) is 1. The zero-order chi connectivity index (χ0) is 21.5. The zero-order valence-corrected chi connectivity index (χ0v) is 17.8. The van der Waals surface area contributed by atoms with Crippen molar-refractivity contribution in [2.24, 2.45) is 0 Å². The van der Waals surface area contributed by atoms with Crippen LogP contribution in [-0.4, -0.2) is 34.8 Å². The minimum atomic E-state index is -0.362. The Balaban J connectivity index is 1.61. The highest BCUT2D eigenvalue weighted by atomic mass is 16.5. The number of ether oxygens (including phenoxy) is 2. The number of carbonyl (C=O) groups excluding carboxylic acids is 1. The van der Waals surface area contributed by atoms with Gasteiger partial charge in [-0.15, -0.1) is 0 Å². The van der Waals surface area contributed by atoms with E-state index in [0.717, 1.165) is 23.3 Å². The maximum Gasteiger partial charge on any atom is 0.226 e. The SMILES string of the molecule is COc1ccc([C@@H]2C3=C(C[C@H](c4ccccc4C)CC3=O)Nc3ncnn32)cc1OC. The van der Waals surface area contributed by atoms with E-state index in [4.69, 9.17) is 9.47 Å². The third kappa shape index (κ3) is 3.17. The summed E-state index contributed by atoms with van der Waals surface area (Å²) in [6, 6.07) is 13.6. The van der Waals surface area contributed by atoms with Gasteiger partial charge in [-0.3, -0.25) is 4.79 Å². The van der Waals surface area contributed by atoms with Crippen LogP contribution in [0, 0.1) is 6.92 Å². The van der Waals surface area contributed by atoms with Gasteiger partial charge in [0.2, 0.25) is 5.95 Å². The average Bonchev–Trinajstić information content (AvgIpc) is 3.25. The molecule has 2 atom stereocenters. The Morgan fingerprint density at radius 2 is 1.87 bits per heavy atom. The molecule has 0 fully saturated rings. The molecule has 0 bridgehead atoms. The van der Waals surface area contributed by atoms with Crippen LogP contribution in [0.4, 0.5) is 5.95 Å². The number of hydrogen-bond acceptors (Lipinski definition) is 6. The number of aryl methyl sites for hydroxylation is 1. The van der Waals surface area contributed by atoms with Gasteiger partial charge in [-0.2, -0.15) is 10.1 Å². The van der Waals surface area contributed by atoms with Crippen LogP contribution in [0.1, 0.15) is 41.5 Å². The van der Waals surface area contributed by atoms with Crippen LogP contribution in [0.3, 0.4) is 0 Å². The first-order valence-corrected chi connectivity index (χ1v) is 10.3. The topological polar surface area (TPSA) is 78.3 Å². The lowest BCUT2D eigenvalue weighted by Gasteiger charge is -2.35. The number of allylic oxidation sites excluding steroid dienone is 2. The maximum absolute atomic E-state index is 13.5. The molecule has 158 valence electrons. The number of hydrogen-bond donors (Lipinski definition) is 1. The Hall–Kier alpha value is -3.61. The van der Waals surface area contributed by atoms with Gasteiger partial charge >= 0.3 is 0 Å². The fourth-order valence-corrected chi connectivity index (χ4v) is 4.75. The largest absolute Gasteiger partial charge is 0.493 e. The van der Waals surface area contributed by atoms with E-state index in [1.165, 1.54) is 17.5 Å². The van der Waals surface area contributed by atoms with Crippen molar-refractivity contribution < 1.29 is 14.3 Å². The molecule has 5 rings (SSSR count). The number of methoxy groups -OCH3 is 2. The number of carbonyl (C=O) groups is 1. The van der Waals surface area contributed by atoms with Crippen molar-refractivity contribution >= 4 is 11.7 Å². The normalized spacial score (nSPS) is 20.0. The number of benzene rings is 2. The second kappa shape index (κ2) is 7.58. The number of aromatic nitrogens is 3. The first-order valence-electron chi connectivity index (χ1n) is 10.3. The molecule has 0 saturated carbocycles. The van der Waals surface area contributed by atoms with Crippen LogP contribution in [-0.2, 0) is 4.79 Å². The molecule has 0 amide bonds. The number of ketones is 1. The fourth-order valence-electron chi connectivity index (χ4n) is 4.75. The molecule has 3 aromatic rings. The van der Waals surface area contributed by atoms with Gasteiger partial charge in [-0.1, -0.05) is 30.3 Å². The van der Waals surface area contributed by atoms with Crippen molar-refractivity contribution in [3.8, 4) is 11.5 Å². The Labute approximate surface area is 180 Å². The van der Waals surface area contributed by atoms with Crippen LogP contribution >= 0.6 is 0 Å².